The number of pyridine rings is 1. The van der Waals surface area contributed by atoms with Crippen LogP contribution < -0.4 is 11.3 Å². The van der Waals surface area contributed by atoms with E-state index in [0.29, 0.717) is 0 Å². The van der Waals surface area contributed by atoms with Gasteiger partial charge in [-0.2, -0.15) is 0 Å². The van der Waals surface area contributed by atoms with Gasteiger partial charge in [0, 0.05) is 0 Å². The molecular formula is C5H4F2IN3. The Kier molecular flexibility index (Phi) is 2.55. The quantitative estimate of drug-likeness (QED) is 0.459. The first-order valence-electron chi connectivity index (χ1n) is 2.63. The van der Waals surface area contributed by atoms with Crippen molar-refractivity contribution in [2.45, 2.75) is 0 Å². The van der Waals surface area contributed by atoms with E-state index in [9.17, 15) is 8.78 Å². The lowest BCUT2D eigenvalue weighted by Crippen LogP contribution is -2.11. The topological polar surface area (TPSA) is 50.9 Å². The average Bonchev–Trinajstić information content (AvgIpc) is 2.01. The van der Waals surface area contributed by atoms with Gasteiger partial charge in [-0.1, -0.05) is 0 Å². The lowest BCUT2D eigenvalue weighted by atomic mass is 10.4. The second kappa shape index (κ2) is 3.26. The number of nitrogens with two attached hydrogens (primary N) is 1. The van der Waals surface area contributed by atoms with E-state index >= 15 is 0 Å². The number of anilines is 1. The summed E-state index contributed by atoms with van der Waals surface area (Å²) in [6, 6.07) is 0. The number of hydrogen-bond donors (Lipinski definition) is 2. The molecule has 3 nitrogen and oxygen atoms in total. The van der Waals surface area contributed by atoms with Crippen molar-refractivity contribution in [2.24, 2.45) is 5.84 Å². The molecule has 0 radical (unpaired) electrons. The van der Waals surface area contributed by atoms with E-state index in [4.69, 9.17) is 5.84 Å². The molecule has 1 heterocycles. The summed E-state index contributed by atoms with van der Waals surface area (Å²) < 4.78 is 25.2. The van der Waals surface area contributed by atoms with Crippen molar-refractivity contribution in [1.82, 2.24) is 4.98 Å². The predicted molar refractivity (Wildman–Crippen MR) is 44.7 cm³/mol. The van der Waals surface area contributed by atoms with Gasteiger partial charge in [0.05, 0.1) is 9.77 Å². The van der Waals surface area contributed by atoms with Gasteiger partial charge in [0.25, 0.3) is 0 Å². The molecule has 11 heavy (non-hydrogen) atoms. The van der Waals surface area contributed by atoms with Crippen LogP contribution in [0.1, 0.15) is 0 Å². The van der Waals surface area contributed by atoms with Crippen LogP contribution in [0.2, 0.25) is 0 Å². The van der Waals surface area contributed by atoms with Gasteiger partial charge in [-0.3, -0.25) is 0 Å². The molecule has 0 spiro atoms. The normalized spacial score (nSPS) is 9.82. The number of aromatic nitrogens is 1. The number of hydrogen-bond acceptors (Lipinski definition) is 3. The Bertz CT molecular complexity index is 279. The van der Waals surface area contributed by atoms with E-state index in [2.05, 4.69) is 4.98 Å². The molecule has 0 aliphatic carbocycles. The van der Waals surface area contributed by atoms with Crippen LogP contribution in [0.5, 0.6) is 0 Å². The SMILES string of the molecule is NNc1ncc(F)c(I)c1F. The molecule has 6 heteroatoms. The molecular weight excluding hydrogens is 267 g/mol. The molecule has 1 rings (SSSR count). The standard InChI is InChI=1S/C5H4F2IN3/c6-2-1-10-5(11-9)3(7)4(2)8/h1H,9H2,(H,10,11). The number of hydrazine groups is 1. The summed E-state index contributed by atoms with van der Waals surface area (Å²) in [5.41, 5.74) is 2.01. The fourth-order valence-corrected chi connectivity index (χ4v) is 0.939. The minimum atomic E-state index is -0.770. The molecule has 0 saturated carbocycles. The predicted octanol–water partition coefficient (Wildman–Crippen LogP) is 1.25. The maximum absolute atomic E-state index is 12.8. The summed E-state index contributed by atoms with van der Waals surface area (Å²) in [5, 5.41) is 0. The number of halogens is 3. The minimum absolute atomic E-state index is 0.120. The summed E-state index contributed by atoms with van der Waals surface area (Å²) in [6.45, 7) is 0. The molecule has 0 saturated heterocycles. The Morgan fingerprint density at radius 1 is 1.55 bits per heavy atom. The van der Waals surface area contributed by atoms with Crippen LogP contribution in [0.3, 0.4) is 0 Å². The third-order valence-corrected chi connectivity index (χ3v) is 2.04. The van der Waals surface area contributed by atoms with Crippen molar-refractivity contribution in [1.29, 1.82) is 0 Å². The first kappa shape index (κ1) is 8.60. The highest BCUT2D eigenvalue weighted by molar-refractivity contribution is 14.1. The summed E-state index contributed by atoms with van der Waals surface area (Å²) >= 11 is 1.53. The average molecular weight is 271 g/mol. The Balaban J connectivity index is 3.25. The molecule has 0 fully saturated rings. The van der Waals surface area contributed by atoms with Crippen molar-refractivity contribution in [2.75, 3.05) is 5.43 Å². The Morgan fingerprint density at radius 3 is 2.73 bits per heavy atom. The molecule has 0 aromatic carbocycles. The molecule has 0 bridgehead atoms. The Morgan fingerprint density at radius 2 is 2.18 bits per heavy atom. The lowest BCUT2D eigenvalue weighted by Gasteiger charge is -2.01. The third-order valence-electron chi connectivity index (χ3n) is 1.05. The van der Waals surface area contributed by atoms with Crippen molar-refractivity contribution >= 4 is 28.4 Å². The van der Waals surface area contributed by atoms with Gasteiger partial charge in [-0.05, 0) is 22.6 Å². The molecule has 3 N–H and O–H groups in total. The Labute approximate surface area is 75.1 Å². The number of nitrogen functional groups attached to an aromatic ring is 1. The van der Waals surface area contributed by atoms with Crippen LogP contribution in [0.15, 0.2) is 6.20 Å². The highest BCUT2D eigenvalue weighted by Gasteiger charge is 2.10. The fraction of sp³-hybridized carbons (Fsp3) is 0. The molecule has 0 aliphatic heterocycles. The van der Waals surface area contributed by atoms with Crippen molar-refractivity contribution in [3.63, 3.8) is 0 Å². The van der Waals surface area contributed by atoms with Gasteiger partial charge in [0.1, 0.15) is 0 Å². The molecule has 0 atom stereocenters. The van der Waals surface area contributed by atoms with Crippen LogP contribution in [0.25, 0.3) is 0 Å². The van der Waals surface area contributed by atoms with Crippen LogP contribution >= 0.6 is 22.6 Å². The molecule has 0 amide bonds. The summed E-state index contributed by atoms with van der Waals surface area (Å²) in [4.78, 5) is 3.37. The van der Waals surface area contributed by atoms with E-state index in [1.165, 1.54) is 22.6 Å². The van der Waals surface area contributed by atoms with Gasteiger partial charge >= 0.3 is 0 Å². The van der Waals surface area contributed by atoms with Crippen LogP contribution in [0.4, 0.5) is 14.6 Å². The van der Waals surface area contributed by atoms with Gasteiger partial charge < -0.3 is 5.43 Å². The van der Waals surface area contributed by atoms with Crippen LogP contribution in [-0.4, -0.2) is 4.98 Å². The molecule has 60 valence electrons. The van der Waals surface area contributed by atoms with Gasteiger partial charge in [0.2, 0.25) is 0 Å². The second-order valence-corrected chi connectivity index (χ2v) is 2.81. The number of nitrogens with zero attached hydrogens (tertiary/aromatic N) is 1. The summed E-state index contributed by atoms with van der Waals surface area (Å²) in [6.07, 6.45) is 0.903. The first-order valence-corrected chi connectivity index (χ1v) is 3.70. The molecule has 1 aromatic rings. The zero-order valence-corrected chi connectivity index (χ0v) is 7.39. The van der Waals surface area contributed by atoms with Crippen LogP contribution in [0, 0.1) is 15.2 Å². The third kappa shape index (κ3) is 1.56. The fourth-order valence-electron chi connectivity index (χ4n) is 0.544. The second-order valence-electron chi connectivity index (χ2n) is 1.73. The van der Waals surface area contributed by atoms with E-state index in [0.717, 1.165) is 6.20 Å². The zero-order valence-electron chi connectivity index (χ0n) is 5.24. The maximum atomic E-state index is 12.8. The van der Waals surface area contributed by atoms with Gasteiger partial charge in [-0.15, -0.1) is 0 Å². The zero-order chi connectivity index (χ0) is 8.43. The van der Waals surface area contributed by atoms with Gasteiger partial charge in [0.15, 0.2) is 17.5 Å². The first-order chi connectivity index (χ1) is 5.16. The van der Waals surface area contributed by atoms with E-state index < -0.39 is 11.6 Å². The van der Waals surface area contributed by atoms with Gasteiger partial charge in [-0.25, -0.2) is 19.6 Å². The molecule has 0 aliphatic rings. The molecule has 1 aromatic heterocycles. The summed E-state index contributed by atoms with van der Waals surface area (Å²) in [7, 11) is 0. The largest absolute Gasteiger partial charge is 0.306 e. The monoisotopic (exact) mass is 271 g/mol. The highest BCUT2D eigenvalue weighted by atomic mass is 127. The maximum Gasteiger partial charge on any atom is 0.183 e. The van der Waals surface area contributed by atoms with E-state index in [1.807, 2.05) is 5.43 Å². The minimum Gasteiger partial charge on any atom is -0.306 e. The van der Waals surface area contributed by atoms with E-state index in [1.54, 1.807) is 0 Å². The smallest absolute Gasteiger partial charge is 0.183 e. The van der Waals surface area contributed by atoms with E-state index in [-0.39, 0.29) is 9.39 Å². The summed E-state index contributed by atoms with van der Waals surface area (Å²) in [5.74, 6) is 3.27. The van der Waals surface area contributed by atoms with Crippen molar-refractivity contribution in [3.8, 4) is 0 Å². The van der Waals surface area contributed by atoms with Crippen molar-refractivity contribution < 1.29 is 8.78 Å². The lowest BCUT2D eigenvalue weighted by molar-refractivity contribution is 0.563. The number of rotatable bonds is 1. The Hall–Kier alpha value is -0.500. The number of nitrogens with one attached hydrogen (secondary N) is 1. The van der Waals surface area contributed by atoms with Crippen LogP contribution in [-0.2, 0) is 0 Å². The highest BCUT2D eigenvalue weighted by Crippen LogP contribution is 2.18. The molecule has 0 unspecified atom stereocenters. The van der Waals surface area contributed by atoms with Crippen molar-refractivity contribution in [3.05, 3.63) is 21.4 Å².